The first-order chi connectivity index (χ1) is 19.3. The van der Waals surface area contributed by atoms with Crippen molar-refractivity contribution in [3.8, 4) is 5.75 Å². The second kappa shape index (κ2) is 14.3. The minimum absolute atomic E-state index is 0.0187. The zero-order chi connectivity index (χ0) is 30.3. The normalized spacial score (nSPS) is 12.1. The second-order valence-electron chi connectivity index (χ2n) is 9.72. The van der Waals surface area contributed by atoms with Crippen LogP contribution in [-0.4, -0.2) is 51.4 Å². The summed E-state index contributed by atoms with van der Waals surface area (Å²) in [6.45, 7) is 5.21. The maximum Gasteiger partial charge on any atom is 0.264 e. The van der Waals surface area contributed by atoms with Gasteiger partial charge >= 0.3 is 0 Å². The lowest BCUT2D eigenvalue weighted by Crippen LogP contribution is -2.51. The summed E-state index contributed by atoms with van der Waals surface area (Å²) >= 11 is 18.8. The largest absolute Gasteiger partial charge is 0.495 e. The minimum Gasteiger partial charge on any atom is -0.495 e. The van der Waals surface area contributed by atoms with Gasteiger partial charge in [0.2, 0.25) is 11.8 Å². The number of ether oxygens (including phenoxy) is 1. The summed E-state index contributed by atoms with van der Waals surface area (Å²) in [5.41, 5.74) is 0.687. The van der Waals surface area contributed by atoms with Crippen molar-refractivity contribution in [1.29, 1.82) is 0 Å². The van der Waals surface area contributed by atoms with Gasteiger partial charge in [0, 0.05) is 23.1 Å². The van der Waals surface area contributed by atoms with Crippen LogP contribution >= 0.6 is 34.8 Å². The average molecular weight is 641 g/mol. The zero-order valence-corrected chi connectivity index (χ0v) is 26.2. The van der Waals surface area contributed by atoms with Crippen molar-refractivity contribution in [2.75, 3.05) is 24.5 Å². The Hall–Kier alpha value is -2.98. The van der Waals surface area contributed by atoms with Gasteiger partial charge in [-0.1, -0.05) is 72.9 Å². The first-order valence-electron chi connectivity index (χ1n) is 12.8. The number of amides is 2. The predicted molar refractivity (Wildman–Crippen MR) is 163 cm³/mol. The van der Waals surface area contributed by atoms with Gasteiger partial charge in [-0.15, -0.1) is 0 Å². The maximum atomic E-state index is 14.0. The predicted octanol–water partition coefficient (Wildman–Crippen LogP) is 6.04. The van der Waals surface area contributed by atoms with Gasteiger partial charge < -0.3 is 15.0 Å². The number of anilines is 1. The fraction of sp³-hybridized carbons (Fsp3) is 0.310. The first-order valence-corrected chi connectivity index (χ1v) is 15.3. The summed E-state index contributed by atoms with van der Waals surface area (Å²) < 4.78 is 33.9. The third kappa shape index (κ3) is 8.29. The van der Waals surface area contributed by atoms with E-state index in [9.17, 15) is 18.0 Å². The highest BCUT2D eigenvalue weighted by Gasteiger charge is 2.33. The van der Waals surface area contributed by atoms with Gasteiger partial charge in [0.05, 0.1) is 22.7 Å². The molecule has 0 bridgehead atoms. The van der Waals surface area contributed by atoms with Gasteiger partial charge in [0.15, 0.2) is 0 Å². The monoisotopic (exact) mass is 639 g/mol. The number of halogens is 3. The molecule has 0 heterocycles. The molecular formula is C29H32Cl3N3O5S. The third-order valence-corrected chi connectivity index (χ3v) is 8.91. The molecule has 0 saturated heterocycles. The van der Waals surface area contributed by atoms with Crippen LogP contribution < -0.4 is 14.4 Å². The summed E-state index contributed by atoms with van der Waals surface area (Å²) in [4.78, 5) is 28.4. The number of nitrogens with zero attached hydrogens (tertiary/aromatic N) is 2. The van der Waals surface area contributed by atoms with E-state index in [1.807, 2.05) is 13.8 Å². The maximum absolute atomic E-state index is 14.0. The van der Waals surface area contributed by atoms with Crippen molar-refractivity contribution in [1.82, 2.24) is 10.2 Å². The molecule has 0 radical (unpaired) electrons. The van der Waals surface area contributed by atoms with E-state index < -0.39 is 28.5 Å². The highest BCUT2D eigenvalue weighted by molar-refractivity contribution is 7.92. The number of methoxy groups -OCH3 is 1. The van der Waals surface area contributed by atoms with E-state index in [0.717, 1.165) is 4.31 Å². The Labute approximate surface area is 256 Å². The van der Waals surface area contributed by atoms with Crippen molar-refractivity contribution in [2.24, 2.45) is 5.92 Å². The molecule has 0 aliphatic carbocycles. The second-order valence-corrected chi connectivity index (χ2v) is 12.8. The smallest absolute Gasteiger partial charge is 0.264 e. The van der Waals surface area contributed by atoms with Crippen molar-refractivity contribution in [2.45, 2.75) is 38.3 Å². The third-order valence-electron chi connectivity index (χ3n) is 6.24. The molecule has 0 aromatic heterocycles. The number of sulfonamides is 1. The number of rotatable bonds is 12. The first kappa shape index (κ1) is 32.5. The number of nitrogens with one attached hydrogen (secondary N) is 1. The molecule has 3 rings (SSSR count). The van der Waals surface area contributed by atoms with E-state index in [1.165, 1.54) is 48.4 Å². The molecule has 3 aromatic carbocycles. The number of hydrogen-bond acceptors (Lipinski definition) is 5. The number of benzene rings is 3. The highest BCUT2D eigenvalue weighted by Crippen LogP contribution is 2.32. The lowest BCUT2D eigenvalue weighted by Gasteiger charge is -2.32. The Morgan fingerprint density at radius 2 is 1.61 bits per heavy atom. The van der Waals surface area contributed by atoms with E-state index in [4.69, 9.17) is 39.5 Å². The Morgan fingerprint density at radius 3 is 2.20 bits per heavy atom. The van der Waals surface area contributed by atoms with Crippen LogP contribution in [0.4, 0.5) is 5.69 Å². The van der Waals surface area contributed by atoms with Crippen LogP contribution in [0.1, 0.15) is 26.3 Å². The van der Waals surface area contributed by atoms with Gasteiger partial charge in [-0.05, 0) is 60.9 Å². The minimum atomic E-state index is -4.23. The fourth-order valence-electron chi connectivity index (χ4n) is 3.93. The molecular weight excluding hydrogens is 609 g/mol. The molecule has 2 amide bonds. The van der Waals surface area contributed by atoms with E-state index in [-0.39, 0.29) is 34.0 Å². The lowest BCUT2D eigenvalue weighted by molar-refractivity contribution is -0.139. The van der Waals surface area contributed by atoms with E-state index >= 15 is 0 Å². The van der Waals surface area contributed by atoms with Crippen LogP contribution in [0.5, 0.6) is 5.75 Å². The van der Waals surface area contributed by atoms with Crippen LogP contribution in [0.2, 0.25) is 15.1 Å². The van der Waals surface area contributed by atoms with E-state index in [0.29, 0.717) is 27.9 Å². The molecule has 0 aliphatic heterocycles. The Morgan fingerprint density at radius 1 is 0.927 bits per heavy atom. The molecule has 8 nitrogen and oxygen atoms in total. The van der Waals surface area contributed by atoms with Gasteiger partial charge in [0.25, 0.3) is 10.0 Å². The Balaban J connectivity index is 2.06. The molecule has 0 saturated carbocycles. The van der Waals surface area contributed by atoms with Crippen molar-refractivity contribution in [3.63, 3.8) is 0 Å². The quantitative estimate of drug-likeness (QED) is 0.261. The molecule has 1 unspecified atom stereocenters. The van der Waals surface area contributed by atoms with E-state index in [1.54, 1.807) is 37.3 Å². The van der Waals surface area contributed by atoms with Crippen LogP contribution in [-0.2, 0) is 26.2 Å². The fourth-order valence-corrected chi connectivity index (χ4v) is 6.07. The molecule has 41 heavy (non-hydrogen) atoms. The topological polar surface area (TPSA) is 96.0 Å². The molecule has 220 valence electrons. The number of carbonyl (C=O) groups is 2. The summed E-state index contributed by atoms with van der Waals surface area (Å²) in [5, 5.41) is 3.72. The van der Waals surface area contributed by atoms with Crippen LogP contribution in [0.25, 0.3) is 0 Å². The van der Waals surface area contributed by atoms with Gasteiger partial charge in [-0.3, -0.25) is 13.9 Å². The molecule has 12 heteroatoms. The molecule has 0 spiro atoms. The summed E-state index contributed by atoms with van der Waals surface area (Å²) in [7, 11) is -2.79. The van der Waals surface area contributed by atoms with Crippen LogP contribution in [0, 0.1) is 5.92 Å². The van der Waals surface area contributed by atoms with Crippen LogP contribution in [0.3, 0.4) is 0 Å². The zero-order valence-electron chi connectivity index (χ0n) is 23.1. The number of hydrogen-bond donors (Lipinski definition) is 1. The van der Waals surface area contributed by atoms with Crippen LogP contribution in [0.15, 0.2) is 71.6 Å². The Bertz CT molecular complexity index is 1490. The molecule has 0 fully saturated rings. The van der Waals surface area contributed by atoms with Gasteiger partial charge in [-0.2, -0.15) is 0 Å². The standard InChI is InChI=1S/C29H32Cl3N3O5S/c1-19(2)16-33-29(37)20(3)34(17-21-10-11-22(30)14-25(21)31)28(36)18-35(23-12-13-27(40-4)26(32)15-23)41(38,39)24-8-6-5-7-9-24/h5-15,19-20H,16-18H2,1-4H3,(H,33,37). The van der Waals surface area contributed by atoms with Gasteiger partial charge in [-0.25, -0.2) is 8.42 Å². The summed E-state index contributed by atoms with van der Waals surface area (Å²) in [5.74, 6) is -0.489. The van der Waals surface area contributed by atoms with Crippen molar-refractivity contribution in [3.05, 3.63) is 87.4 Å². The van der Waals surface area contributed by atoms with Crippen molar-refractivity contribution < 1.29 is 22.7 Å². The summed E-state index contributed by atoms with van der Waals surface area (Å²) in [6, 6.07) is 16.0. The molecule has 0 aliphatic rings. The van der Waals surface area contributed by atoms with E-state index in [2.05, 4.69) is 5.32 Å². The molecule has 1 atom stereocenters. The molecule has 1 N–H and O–H groups in total. The van der Waals surface area contributed by atoms with Gasteiger partial charge in [0.1, 0.15) is 18.3 Å². The SMILES string of the molecule is COc1ccc(N(CC(=O)N(Cc2ccc(Cl)cc2Cl)C(C)C(=O)NCC(C)C)S(=O)(=O)c2ccccc2)cc1Cl. The lowest BCUT2D eigenvalue weighted by atomic mass is 10.1. The van der Waals surface area contributed by atoms with Crippen molar-refractivity contribution >= 4 is 62.3 Å². The molecule has 3 aromatic rings. The Kier molecular flexibility index (Phi) is 11.3. The number of carbonyl (C=O) groups excluding carboxylic acids is 2. The average Bonchev–Trinajstić information content (AvgIpc) is 2.94. The summed E-state index contributed by atoms with van der Waals surface area (Å²) in [6.07, 6.45) is 0. The highest BCUT2D eigenvalue weighted by atomic mass is 35.5.